The van der Waals surface area contributed by atoms with Gasteiger partial charge in [0.25, 0.3) is 0 Å². The topological polar surface area (TPSA) is 53.0 Å². The molecule has 0 aromatic heterocycles. The number of benzene rings is 1. The van der Waals surface area contributed by atoms with E-state index >= 15 is 0 Å². The first kappa shape index (κ1) is 32.7. The maximum atomic E-state index is 14.4. The Bertz CT molecular complexity index is 812. The summed E-state index contributed by atoms with van der Waals surface area (Å²) in [5.41, 5.74) is 0.265. The maximum absolute atomic E-state index is 14.4. The molecule has 0 fully saturated rings. The summed E-state index contributed by atoms with van der Waals surface area (Å²) in [5, 5.41) is 10.3. The number of aliphatic hydroxyl groups is 1. The van der Waals surface area contributed by atoms with E-state index in [4.69, 9.17) is 4.74 Å². The molecule has 0 heterocycles. The van der Waals surface area contributed by atoms with Crippen LogP contribution in [0.1, 0.15) is 74.6 Å². The van der Waals surface area contributed by atoms with Gasteiger partial charge < -0.3 is 14.7 Å². The lowest BCUT2D eigenvalue weighted by Crippen LogP contribution is -2.19. The number of likely N-dealkylation sites (N-methyl/N-ethyl adjacent to an activating group) is 2. The zero-order valence-corrected chi connectivity index (χ0v) is 23.2. The van der Waals surface area contributed by atoms with Gasteiger partial charge in [-0.05, 0) is 51.7 Å². The predicted octanol–water partition coefficient (Wildman–Crippen LogP) is 6.44. The van der Waals surface area contributed by atoms with Gasteiger partial charge in [-0.3, -0.25) is 9.69 Å². The Labute approximate surface area is 224 Å². The van der Waals surface area contributed by atoms with E-state index in [9.17, 15) is 14.3 Å². The molecule has 0 aliphatic carbocycles. The Kier molecular flexibility index (Phi) is 18.4. The second-order valence-corrected chi connectivity index (χ2v) is 9.89. The average Bonchev–Trinajstić information content (AvgIpc) is 2.86. The van der Waals surface area contributed by atoms with Crippen LogP contribution < -0.4 is 4.74 Å². The number of nitrogens with zero attached hydrogens (tertiary/aromatic N) is 2. The van der Waals surface area contributed by atoms with Crippen molar-refractivity contribution in [1.82, 2.24) is 9.80 Å². The fraction of sp³-hybridized carbons (Fsp3) is 0.581. The van der Waals surface area contributed by atoms with Gasteiger partial charge in [-0.2, -0.15) is 0 Å². The average molecular weight is 517 g/mol. The summed E-state index contributed by atoms with van der Waals surface area (Å²) in [4.78, 5) is 16.8. The Morgan fingerprint density at radius 3 is 2.22 bits per heavy atom. The van der Waals surface area contributed by atoms with Crippen molar-refractivity contribution >= 4 is 5.78 Å². The minimum atomic E-state index is -0.691. The molecule has 37 heavy (non-hydrogen) atoms. The third-order valence-electron chi connectivity index (χ3n) is 6.30. The first-order chi connectivity index (χ1) is 17.9. The van der Waals surface area contributed by atoms with E-state index in [1.807, 2.05) is 31.4 Å². The van der Waals surface area contributed by atoms with Crippen LogP contribution in [0.15, 0.2) is 55.7 Å². The molecule has 0 saturated heterocycles. The second kappa shape index (κ2) is 20.7. The lowest BCUT2D eigenvalue weighted by atomic mass is 10.0. The number of hydrogen-bond donors (Lipinski definition) is 1. The van der Waals surface area contributed by atoms with E-state index in [-0.39, 0.29) is 30.1 Å². The monoisotopic (exact) mass is 516 g/mol. The third-order valence-corrected chi connectivity index (χ3v) is 6.30. The van der Waals surface area contributed by atoms with Gasteiger partial charge in [-0.1, -0.05) is 69.2 Å². The number of ether oxygens (including phenoxy) is 1. The minimum absolute atomic E-state index is 0.0148. The Morgan fingerprint density at radius 1 is 0.946 bits per heavy atom. The van der Waals surface area contributed by atoms with Gasteiger partial charge in [0.05, 0.1) is 6.10 Å². The van der Waals surface area contributed by atoms with Crippen LogP contribution in [0.3, 0.4) is 0 Å². The molecule has 1 N–H and O–H groups in total. The summed E-state index contributed by atoms with van der Waals surface area (Å²) in [6.07, 6.45) is 16.8. The highest BCUT2D eigenvalue weighted by atomic mass is 19.1. The van der Waals surface area contributed by atoms with Crippen LogP contribution in [0.25, 0.3) is 0 Å². The van der Waals surface area contributed by atoms with Gasteiger partial charge in [0.1, 0.15) is 6.61 Å². The summed E-state index contributed by atoms with van der Waals surface area (Å²) < 4.78 is 19.8. The van der Waals surface area contributed by atoms with Gasteiger partial charge in [0.15, 0.2) is 17.3 Å². The molecule has 6 heteroatoms. The molecule has 0 aliphatic rings. The second-order valence-electron chi connectivity index (χ2n) is 9.89. The third kappa shape index (κ3) is 16.2. The smallest absolute Gasteiger partial charge is 0.165 e. The van der Waals surface area contributed by atoms with Crippen molar-refractivity contribution in [3.05, 3.63) is 67.0 Å². The largest absolute Gasteiger partial charge is 0.486 e. The van der Waals surface area contributed by atoms with Crippen molar-refractivity contribution in [2.75, 3.05) is 46.9 Å². The lowest BCUT2D eigenvalue weighted by molar-refractivity contribution is 0.0863. The molecule has 5 nitrogen and oxygen atoms in total. The number of ketones is 1. The quantitative estimate of drug-likeness (QED) is 0.103. The molecule has 0 aliphatic heterocycles. The molecule has 208 valence electrons. The van der Waals surface area contributed by atoms with Crippen LogP contribution in [0, 0.1) is 5.82 Å². The first-order valence-corrected chi connectivity index (χ1v) is 13.7. The minimum Gasteiger partial charge on any atom is -0.486 e. The van der Waals surface area contributed by atoms with Gasteiger partial charge >= 0.3 is 0 Å². The molecule has 0 bridgehead atoms. The van der Waals surface area contributed by atoms with Crippen molar-refractivity contribution in [2.24, 2.45) is 0 Å². The number of hydrogen-bond acceptors (Lipinski definition) is 5. The predicted molar refractivity (Wildman–Crippen MR) is 153 cm³/mol. The standard InChI is InChI=1S/C31H49FN2O3/c1-5-20-33(3)22-14-12-10-8-7-9-11-13-17-28(35)26-30(36)27-18-19-31(29(32)25-27)37-24-16-15-23-34(4)21-6-2/h5-6,15-16,18-19,25,28,35H,1-2,7-14,17,20-24,26H2,3-4H3/b16-15+. The summed E-state index contributed by atoms with van der Waals surface area (Å²) in [5.74, 6) is -0.704. The molecule has 1 atom stereocenters. The Morgan fingerprint density at radius 2 is 1.57 bits per heavy atom. The zero-order valence-electron chi connectivity index (χ0n) is 23.2. The number of carbonyl (C=O) groups is 1. The van der Waals surface area contributed by atoms with Crippen LogP contribution in [-0.2, 0) is 0 Å². The number of Topliss-reactive ketones (excluding diaryl/α,β-unsaturated/α-hetero) is 1. The molecule has 0 radical (unpaired) electrons. The van der Waals surface area contributed by atoms with Crippen LogP contribution in [0.2, 0.25) is 0 Å². The van der Waals surface area contributed by atoms with E-state index in [2.05, 4.69) is 30.0 Å². The molecule has 1 aromatic rings. The molecular weight excluding hydrogens is 467 g/mol. The van der Waals surface area contributed by atoms with Crippen LogP contribution in [0.5, 0.6) is 5.75 Å². The number of rotatable bonds is 23. The fourth-order valence-electron chi connectivity index (χ4n) is 4.11. The highest BCUT2D eigenvalue weighted by molar-refractivity contribution is 5.96. The maximum Gasteiger partial charge on any atom is 0.165 e. The van der Waals surface area contributed by atoms with E-state index in [1.165, 1.54) is 44.2 Å². The summed E-state index contributed by atoms with van der Waals surface area (Å²) in [7, 11) is 4.11. The number of aliphatic hydroxyl groups excluding tert-OH is 1. The van der Waals surface area contributed by atoms with Crippen molar-refractivity contribution < 1.29 is 19.0 Å². The van der Waals surface area contributed by atoms with E-state index in [0.29, 0.717) is 6.42 Å². The lowest BCUT2D eigenvalue weighted by Gasteiger charge is -2.13. The molecule has 0 spiro atoms. The fourth-order valence-corrected chi connectivity index (χ4v) is 4.11. The van der Waals surface area contributed by atoms with E-state index in [0.717, 1.165) is 45.4 Å². The first-order valence-electron chi connectivity index (χ1n) is 13.7. The number of halogens is 1. The Hall–Kier alpha value is -2.28. The number of unbranched alkanes of at least 4 members (excludes halogenated alkanes) is 7. The molecule has 0 amide bonds. The van der Waals surface area contributed by atoms with E-state index in [1.54, 1.807) is 6.07 Å². The van der Waals surface area contributed by atoms with Crippen molar-refractivity contribution in [2.45, 2.75) is 70.3 Å². The van der Waals surface area contributed by atoms with E-state index < -0.39 is 11.9 Å². The zero-order chi connectivity index (χ0) is 27.3. The van der Waals surface area contributed by atoms with Gasteiger partial charge in [0, 0.05) is 31.6 Å². The summed E-state index contributed by atoms with van der Waals surface area (Å²) in [6.45, 7) is 11.3. The van der Waals surface area contributed by atoms with Crippen molar-refractivity contribution in [3.8, 4) is 5.75 Å². The number of carbonyl (C=O) groups excluding carboxylic acids is 1. The van der Waals surface area contributed by atoms with Crippen LogP contribution in [-0.4, -0.2) is 73.7 Å². The van der Waals surface area contributed by atoms with Crippen molar-refractivity contribution in [3.63, 3.8) is 0 Å². The van der Waals surface area contributed by atoms with Crippen LogP contribution >= 0.6 is 0 Å². The summed E-state index contributed by atoms with van der Waals surface area (Å²) in [6, 6.07) is 4.24. The molecule has 1 rings (SSSR count). The van der Waals surface area contributed by atoms with Gasteiger partial charge in [-0.15, -0.1) is 13.2 Å². The normalized spacial score (nSPS) is 12.4. The van der Waals surface area contributed by atoms with Gasteiger partial charge in [-0.25, -0.2) is 4.39 Å². The van der Waals surface area contributed by atoms with Crippen LogP contribution in [0.4, 0.5) is 4.39 Å². The highest BCUT2D eigenvalue weighted by Crippen LogP contribution is 2.20. The molecule has 0 saturated carbocycles. The molecule has 1 aromatic carbocycles. The SMILES string of the molecule is C=CCN(C)C/C=C/COc1ccc(C(=O)CC(O)CCCCCCCCCCN(C)CC=C)cc1F. The Balaban J connectivity index is 2.18. The van der Waals surface area contributed by atoms with Crippen molar-refractivity contribution in [1.29, 1.82) is 0 Å². The highest BCUT2D eigenvalue weighted by Gasteiger charge is 2.15. The summed E-state index contributed by atoms with van der Waals surface area (Å²) >= 11 is 0. The molecule has 1 unspecified atom stereocenters. The molecular formula is C31H49FN2O3. The van der Waals surface area contributed by atoms with Gasteiger partial charge in [0.2, 0.25) is 0 Å².